The molecule has 23 heavy (non-hydrogen) atoms. The van der Waals surface area contributed by atoms with E-state index in [0.29, 0.717) is 18.2 Å². The molecule has 1 aromatic carbocycles. The van der Waals surface area contributed by atoms with Crippen molar-refractivity contribution in [2.75, 3.05) is 24.5 Å². The minimum Gasteiger partial charge on any atom is -0.371 e. The van der Waals surface area contributed by atoms with Gasteiger partial charge in [0.25, 0.3) is 5.91 Å². The van der Waals surface area contributed by atoms with E-state index in [1.54, 1.807) is 22.9 Å². The van der Waals surface area contributed by atoms with Crippen molar-refractivity contribution >= 4 is 11.6 Å². The Hall–Kier alpha value is -2.37. The number of aryl methyl sites for hydroxylation is 2. The zero-order valence-electron chi connectivity index (χ0n) is 13.4. The Balaban J connectivity index is 1.52. The minimum absolute atomic E-state index is 0.131. The second kappa shape index (κ2) is 6.40. The fraction of sp³-hybridized carbons (Fsp3) is 0.412. The third kappa shape index (κ3) is 3.52. The van der Waals surface area contributed by atoms with E-state index in [0.717, 1.165) is 30.9 Å². The van der Waals surface area contributed by atoms with Crippen LogP contribution in [0.3, 0.4) is 0 Å². The van der Waals surface area contributed by atoms with E-state index in [9.17, 15) is 9.18 Å². The minimum atomic E-state index is -0.220. The lowest BCUT2D eigenvalue weighted by Crippen LogP contribution is -2.31. The maximum absolute atomic E-state index is 13.0. The Morgan fingerprint density at radius 2 is 2.13 bits per heavy atom. The first kappa shape index (κ1) is 15.5. The molecule has 1 amide bonds. The summed E-state index contributed by atoms with van der Waals surface area (Å²) in [6.07, 6.45) is 1.01. The molecule has 0 radical (unpaired) electrons. The van der Waals surface area contributed by atoms with Crippen LogP contribution in [0.25, 0.3) is 0 Å². The maximum atomic E-state index is 13.0. The number of aromatic nitrogens is 2. The van der Waals surface area contributed by atoms with Gasteiger partial charge in [-0.15, -0.1) is 0 Å². The van der Waals surface area contributed by atoms with E-state index < -0.39 is 0 Å². The molecule has 0 spiro atoms. The van der Waals surface area contributed by atoms with Crippen molar-refractivity contribution in [1.82, 2.24) is 15.1 Å². The molecule has 3 rings (SSSR count). The summed E-state index contributed by atoms with van der Waals surface area (Å²) in [5.74, 6) is 0.0464. The van der Waals surface area contributed by atoms with Gasteiger partial charge in [0.1, 0.15) is 11.5 Å². The van der Waals surface area contributed by atoms with E-state index >= 15 is 0 Å². The van der Waals surface area contributed by atoms with E-state index in [2.05, 4.69) is 15.3 Å². The second-order valence-corrected chi connectivity index (χ2v) is 6.08. The number of hydrogen-bond donors (Lipinski definition) is 1. The molecule has 0 saturated carbocycles. The zero-order valence-corrected chi connectivity index (χ0v) is 13.4. The molecule has 1 atom stereocenters. The summed E-state index contributed by atoms with van der Waals surface area (Å²) in [6, 6.07) is 8.34. The van der Waals surface area contributed by atoms with Gasteiger partial charge in [0.2, 0.25) is 0 Å². The Morgan fingerprint density at radius 1 is 1.39 bits per heavy atom. The van der Waals surface area contributed by atoms with Crippen molar-refractivity contribution < 1.29 is 9.18 Å². The van der Waals surface area contributed by atoms with Crippen molar-refractivity contribution in [3.63, 3.8) is 0 Å². The molecule has 5 nitrogen and oxygen atoms in total. The van der Waals surface area contributed by atoms with Crippen molar-refractivity contribution in [1.29, 1.82) is 0 Å². The Labute approximate surface area is 135 Å². The average molecular weight is 316 g/mol. The van der Waals surface area contributed by atoms with Crippen LogP contribution in [0.5, 0.6) is 0 Å². The predicted octanol–water partition coefficient (Wildman–Crippen LogP) is 2.12. The first-order valence-electron chi connectivity index (χ1n) is 7.82. The molecule has 0 aliphatic carbocycles. The molecule has 1 N–H and O–H groups in total. The largest absolute Gasteiger partial charge is 0.371 e. The molecule has 122 valence electrons. The number of benzene rings is 1. The summed E-state index contributed by atoms with van der Waals surface area (Å²) in [5, 5.41) is 7.15. The number of carbonyl (C=O) groups excluding carboxylic acids is 1. The predicted molar refractivity (Wildman–Crippen MR) is 87.0 cm³/mol. The van der Waals surface area contributed by atoms with E-state index in [4.69, 9.17) is 0 Å². The molecule has 1 aliphatic heterocycles. The smallest absolute Gasteiger partial charge is 0.271 e. The summed E-state index contributed by atoms with van der Waals surface area (Å²) >= 11 is 0. The van der Waals surface area contributed by atoms with Crippen LogP contribution >= 0.6 is 0 Å². The number of nitrogens with one attached hydrogen (secondary N) is 1. The third-order valence-electron chi connectivity index (χ3n) is 4.38. The van der Waals surface area contributed by atoms with Crippen LogP contribution in [-0.2, 0) is 7.05 Å². The summed E-state index contributed by atoms with van der Waals surface area (Å²) in [7, 11) is 1.82. The summed E-state index contributed by atoms with van der Waals surface area (Å²) in [6.45, 7) is 4.34. The van der Waals surface area contributed by atoms with Crippen molar-refractivity contribution in [3.05, 3.63) is 47.5 Å². The van der Waals surface area contributed by atoms with Gasteiger partial charge in [0, 0.05) is 38.1 Å². The number of hydrogen-bond acceptors (Lipinski definition) is 3. The molecule has 6 heteroatoms. The standard InChI is InChI=1S/C17H21FN4O/c1-12-9-16(20-21(12)2)17(23)19-10-13-7-8-22(11-13)15-5-3-14(18)4-6-15/h3-6,9,13H,7-8,10-11H2,1-2H3,(H,19,23). The van der Waals surface area contributed by atoms with Gasteiger partial charge in [-0.2, -0.15) is 5.10 Å². The number of nitrogens with zero attached hydrogens (tertiary/aromatic N) is 3. The summed E-state index contributed by atoms with van der Waals surface area (Å²) in [4.78, 5) is 14.3. The molecule has 2 aromatic rings. The van der Waals surface area contributed by atoms with Crippen molar-refractivity contribution in [2.45, 2.75) is 13.3 Å². The number of rotatable bonds is 4. The van der Waals surface area contributed by atoms with Gasteiger partial charge in [0.05, 0.1) is 0 Å². The molecule has 1 fully saturated rings. The van der Waals surface area contributed by atoms with Gasteiger partial charge in [-0.25, -0.2) is 4.39 Å². The van der Waals surface area contributed by atoms with Crippen LogP contribution in [0.15, 0.2) is 30.3 Å². The number of halogens is 1. The fourth-order valence-corrected chi connectivity index (χ4v) is 2.88. The highest BCUT2D eigenvalue weighted by Crippen LogP contribution is 2.23. The number of amides is 1. The lowest BCUT2D eigenvalue weighted by atomic mass is 10.1. The topological polar surface area (TPSA) is 50.2 Å². The first-order chi connectivity index (χ1) is 11.0. The Kier molecular flexibility index (Phi) is 4.32. The second-order valence-electron chi connectivity index (χ2n) is 6.08. The molecular weight excluding hydrogens is 295 g/mol. The zero-order chi connectivity index (χ0) is 16.4. The molecular formula is C17H21FN4O. The van der Waals surface area contributed by atoms with E-state index in [-0.39, 0.29) is 11.7 Å². The van der Waals surface area contributed by atoms with Gasteiger partial charge in [-0.3, -0.25) is 9.48 Å². The summed E-state index contributed by atoms with van der Waals surface area (Å²) < 4.78 is 14.7. The molecule has 1 aliphatic rings. The molecule has 0 bridgehead atoms. The molecule has 1 aromatic heterocycles. The van der Waals surface area contributed by atoms with Gasteiger partial charge in [0.15, 0.2) is 0 Å². The lowest BCUT2D eigenvalue weighted by molar-refractivity contribution is 0.0942. The highest BCUT2D eigenvalue weighted by atomic mass is 19.1. The maximum Gasteiger partial charge on any atom is 0.271 e. The van der Waals surface area contributed by atoms with Gasteiger partial charge < -0.3 is 10.2 Å². The van der Waals surface area contributed by atoms with E-state index in [1.807, 2.05) is 14.0 Å². The van der Waals surface area contributed by atoms with Crippen LogP contribution in [0.1, 0.15) is 22.6 Å². The highest BCUT2D eigenvalue weighted by Gasteiger charge is 2.23. The lowest BCUT2D eigenvalue weighted by Gasteiger charge is -2.18. The third-order valence-corrected chi connectivity index (χ3v) is 4.38. The van der Waals surface area contributed by atoms with Crippen molar-refractivity contribution in [2.24, 2.45) is 13.0 Å². The summed E-state index contributed by atoms with van der Waals surface area (Å²) in [5.41, 5.74) is 2.44. The number of carbonyl (C=O) groups is 1. The normalized spacial score (nSPS) is 17.5. The molecule has 1 unspecified atom stereocenters. The van der Waals surface area contributed by atoms with Crippen LogP contribution < -0.4 is 10.2 Å². The Bertz CT molecular complexity index is 676. The van der Waals surface area contributed by atoms with Gasteiger partial charge in [-0.05, 0) is 49.6 Å². The molecule has 2 heterocycles. The van der Waals surface area contributed by atoms with Crippen LogP contribution in [0.2, 0.25) is 0 Å². The van der Waals surface area contributed by atoms with Gasteiger partial charge in [-0.1, -0.05) is 0 Å². The first-order valence-corrected chi connectivity index (χ1v) is 7.82. The average Bonchev–Trinajstić information content (AvgIpc) is 3.13. The van der Waals surface area contributed by atoms with Crippen LogP contribution in [0, 0.1) is 18.7 Å². The van der Waals surface area contributed by atoms with Crippen LogP contribution in [-0.4, -0.2) is 35.3 Å². The Morgan fingerprint density at radius 3 is 2.78 bits per heavy atom. The van der Waals surface area contributed by atoms with Crippen molar-refractivity contribution in [3.8, 4) is 0 Å². The quantitative estimate of drug-likeness (QED) is 0.940. The monoisotopic (exact) mass is 316 g/mol. The SMILES string of the molecule is Cc1cc(C(=O)NCC2CCN(c3ccc(F)cc3)C2)nn1C. The van der Waals surface area contributed by atoms with E-state index in [1.165, 1.54) is 12.1 Å². The van der Waals surface area contributed by atoms with Gasteiger partial charge >= 0.3 is 0 Å². The fourth-order valence-electron chi connectivity index (χ4n) is 2.88. The van der Waals surface area contributed by atoms with Crippen LogP contribution in [0.4, 0.5) is 10.1 Å². The number of anilines is 1. The highest BCUT2D eigenvalue weighted by molar-refractivity contribution is 5.92. The molecule has 1 saturated heterocycles.